The summed E-state index contributed by atoms with van der Waals surface area (Å²) in [5.41, 5.74) is 0. The Morgan fingerprint density at radius 2 is 1.81 bits per heavy atom. The number of carboxylic acids is 1. The van der Waals surface area contributed by atoms with Gasteiger partial charge in [-0.1, -0.05) is 18.6 Å². The summed E-state index contributed by atoms with van der Waals surface area (Å²) >= 11 is 0. The molecular formula is C18H20F3NO5. The van der Waals surface area contributed by atoms with E-state index in [4.69, 9.17) is 9.47 Å². The van der Waals surface area contributed by atoms with Gasteiger partial charge in [-0.25, -0.2) is 4.79 Å². The minimum absolute atomic E-state index is 0.00126. The molecule has 6 nitrogen and oxygen atoms in total. The molecule has 148 valence electrons. The molecule has 3 atom stereocenters. The molecule has 0 bridgehead atoms. The van der Waals surface area contributed by atoms with Gasteiger partial charge in [-0.3, -0.25) is 4.79 Å². The first kappa shape index (κ1) is 19.3. The van der Waals surface area contributed by atoms with Crippen LogP contribution in [0.25, 0.3) is 0 Å². The van der Waals surface area contributed by atoms with Crippen molar-refractivity contribution in [2.75, 3.05) is 19.8 Å². The molecule has 1 aromatic carbocycles. The zero-order chi connectivity index (χ0) is 19.6. The number of carbonyl (C=O) groups excluding carboxylic acids is 1. The van der Waals surface area contributed by atoms with Crippen molar-refractivity contribution in [3.05, 3.63) is 24.3 Å². The van der Waals surface area contributed by atoms with Gasteiger partial charge in [0, 0.05) is 6.54 Å². The van der Waals surface area contributed by atoms with Gasteiger partial charge in [0.25, 0.3) is 5.91 Å². The largest absolute Gasteiger partial charge is 0.480 e. The van der Waals surface area contributed by atoms with Gasteiger partial charge in [-0.2, -0.15) is 13.2 Å². The zero-order valence-electron chi connectivity index (χ0n) is 14.4. The standard InChI is InChI=1S/C18H20F3NO5/c19-18(20,21)10-27-14-7-2-1-6-13(14)26-9-15(23)22-8-11-4-3-5-12(11)16(22)17(24)25/h1-2,6-7,11-12,16H,3-5,8-10H2,(H,24,25). The van der Waals surface area contributed by atoms with Gasteiger partial charge in [-0.05, 0) is 36.8 Å². The zero-order valence-corrected chi connectivity index (χ0v) is 14.4. The third-order valence-electron chi connectivity index (χ3n) is 5.06. The number of rotatable bonds is 6. The second kappa shape index (κ2) is 7.66. The van der Waals surface area contributed by atoms with Gasteiger partial charge in [0.1, 0.15) is 6.04 Å². The van der Waals surface area contributed by atoms with Gasteiger partial charge in [0.15, 0.2) is 24.7 Å². The van der Waals surface area contributed by atoms with Crippen molar-refractivity contribution >= 4 is 11.9 Å². The number of fused-ring (bicyclic) bond motifs is 1. The molecule has 1 N–H and O–H groups in total. The lowest BCUT2D eigenvalue weighted by atomic mass is 9.94. The number of aliphatic carboxylic acids is 1. The lowest BCUT2D eigenvalue weighted by Gasteiger charge is -2.24. The van der Waals surface area contributed by atoms with E-state index in [0.29, 0.717) is 6.54 Å². The second-order valence-corrected chi connectivity index (χ2v) is 6.82. The fraction of sp³-hybridized carbons (Fsp3) is 0.556. The van der Waals surface area contributed by atoms with Gasteiger partial charge >= 0.3 is 12.1 Å². The first-order valence-electron chi connectivity index (χ1n) is 8.70. The molecule has 1 amide bonds. The number of benzene rings is 1. The summed E-state index contributed by atoms with van der Waals surface area (Å²) in [6.45, 7) is -1.57. The number of likely N-dealkylation sites (tertiary alicyclic amines) is 1. The number of nitrogens with zero attached hydrogens (tertiary/aromatic N) is 1. The summed E-state index contributed by atoms with van der Waals surface area (Å²) in [6.07, 6.45) is -1.86. The Hall–Kier alpha value is -2.45. The van der Waals surface area contributed by atoms with E-state index in [-0.39, 0.29) is 23.3 Å². The molecule has 1 saturated heterocycles. The molecule has 2 aliphatic rings. The van der Waals surface area contributed by atoms with Crippen molar-refractivity contribution in [1.29, 1.82) is 0 Å². The SMILES string of the molecule is O=C(O)C1C2CCCC2CN1C(=O)COc1ccccc1OCC(F)(F)F. The predicted octanol–water partition coefficient (Wildman–Crippen LogP) is 2.72. The van der Waals surface area contributed by atoms with E-state index in [9.17, 15) is 27.9 Å². The Morgan fingerprint density at radius 1 is 1.15 bits per heavy atom. The highest BCUT2D eigenvalue weighted by molar-refractivity contribution is 5.85. The summed E-state index contributed by atoms with van der Waals surface area (Å²) in [6, 6.07) is 4.87. The fourth-order valence-corrected chi connectivity index (χ4v) is 3.95. The van der Waals surface area contributed by atoms with Crippen molar-refractivity contribution in [2.24, 2.45) is 11.8 Å². The Bertz CT molecular complexity index is 708. The molecule has 1 heterocycles. The Labute approximate surface area is 153 Å². The Balaban J connectivity index is 1.63. The van der Waals surface area contributed by atoms with Crippen LogP contribution in [0.4, 0.5) is 13.2 Å². The van der Waals surface area contributed by atoms with Crippen LogP contribution in [-0.2, 0) is 9.59 Å². The normalized spacial score (nSPS) is 24.6. The Kier molecular flexibility index (Phi) is 5.48. The summed E-state index contributed by atoms with van der Waals surface area (Å²) < 4.78 is 47.1. The van der Waals surface area contributed by atoms with Gasteiger partial charge in [0.2, 0.25) is 0 Å². The molecule has 2 fully saturated rings. The number of halogens is 3. The number of carbonyl (C=O) groups is 2. The van der Waals surface area contributed by atoms with Crippen LogP contribution < -0.4 is 9.47 Å². The van der Waals surface area contributed by atoms with E-state index in [1.165, 1.54) is 23.1 Å². The molecule has 3 rings (SSSR count). The highest BCUT2D eigenvalue weighted by atomic mass is 19.4. The maximum atomic E-state index is 12.5. The number of hydrogen-bond donors (Lipinski definition) is 1. The van der Waals surface area contributed by atoms with E-state index in [1.807, 2.05) is 0 Å². The molecule has 0 aromatic heterocycles. The molecule has 27 heavy (non-hydrogen) atoms. The van der Waals surface area contributed by atoms with Crippen molar-refractivity contribution in [3.63, 3.8) is 0 Å². The van der Waals surface area contributed by atoms with E-state index in [2.05, 4.69) is 0 Å². The van der Waals surface area contributed by atoms with Crippen LogP contribution >= 0.6 is 0 Å². The van der Waals surface area contributed by atoms with Gasteiger partial charge in [0.05, 0.1) is 0 Å². The highest BCUT2D eigenvalue weighted by Crippen LogP contribution is 2.42. The van der Waals surface area contributed by atoms with E-state index < -0.39 is 37.3 Å². The van der Waals surface area contributed by atoms with Crippen LogP contribution in [0.3, 0.4) is 0 Å². The van der Waals surface area contributed by atoms with Crippen LogP contribution in [0.1, 0.15) is 19.3 Å². The number of ether oxygens (including phenoxy) is 2. The van der Waals surface area contributed by atoms with Crippen LogP contribution in [0.2, 0.25) is 0 Å². The summed E-state index contributed by atoms with van der Waals surface area (Å²) in [7, 11) is 0. The number of hydrogen-bond acceptors (Lipinski definition) is 4. The van der Waals surface area contributed by atoms with E-state index >= 15 is 0 Å². The van der Waals surface area contributed by atoms with Crippen molar-refractivity contribution in [3.8, 4) is 11.5 Å². The number of alkyl halides is 3. The lowest BCUT2D eigenvalue weighted by Crippen LogP contribution is -2.45. The first-order valence-corrected chi connectivity index (χ1v) is 8.70. The van der Waals surface area contributed by atoms with Crippen LogP contribution in [0.15, 0.2) is 24.3 Å². The van der Waals surface area contributed by atoms with Crippen molar-refractivity contribution in [1.82, 2.24) is 4.90 Å². The Morgan fingerprint density at radius 3 is 2.44 bits per heavy atom. The lowest BCUT2D eigenvalue weighted by molar-refractivity contribution is -0.153. The topological polar surface area (TPSA) is 76.1 Å². The number of amides is 1. The molecule has 1 saturated carbocycles. The van der Waals surface area contributed by atoms with Gasteiger partial charge < -0.3 is 19.5 Å². The molecular weight excluding hydrogens is 367 g/mol. The third kappa shape index (κ3) is 4.45. The van der Waals surface area contributed by atoms with E-state index in [1.54, 1.807) is 6.07 Å². The van der Waals surface area contributed by atoms with Crippen molar-refractivity contribution < 1.29 is 37.3 Å². The van der Waals surface area contributed by atoms with Crippen LogP contribution in [-0.4, -0.2) is 53.9 Å². The smallest absolute Gasteiger partial charge is 0.422 e. The van der Waals surface area contributed by atoms with Crippen LogP contribution in [0, 0.1) is 11.8 Å². The average molecular weight is 387 g/mol. The minimum atomic E-state index is -4.50. The van der Waals surface area contributed by atoms with E-state index in [0.717, 1.165) is 19.3 Å². The maximum absolute atomic E-state index is 12.5. The molecule has 3 unspecified atom stereocenters. The highest BCUT2D eigenvalue weighted by Gasteiger charge is 2.49. The molecule has 1 aromatic rings. The number of carboxylic acid groups (broad SMARTS) is 1. The monoisotopic (exact) mass is 387 g/mol. The second-order valence-electron chi connectivity index (χ2n) is 6.82. The average Bonchev–Trinajstić information content (AvgIpc) is 3.18. The molecule has 1 aliphatic heterocycles. The molecule has 0 spiro atoms. The quantitative estimate of drug-likeness (QED) is 0.812. The third-order valence-corrected chi connectivity index (χ3v) is 5.06. The number of para-hydroxylation sites is 2. The summed E-state index contributed by atoms with van der Waals surface area (Å²) in [5.74, 6) is -1.53. The summed E-state index contributed by atoms with van der Waals surface area (Å²) in [4.78, 5) is 25.4. The van der Waals surface area contributed by atoms with Crippen molar-refractivity contribution in [2.45, 2.75) is 31.5 Å². The molecule has 9 heteroatoms. The minimum Gasteiger partial charge on any atom is -0.480 e. The fourth-order valence-electron chi connectivity index (χ4n) is 3.95. The van der Waals surface area contributed by atoms with Crippen LogP contribution in [0.5, 0.6) is 11.5 Å². The molecule has 1 aliphatic carbocycles. The summed E-state index contributed by atoms with van der Waals surface area (Å²) in [5, 5.41) is 9.49. The molecule has 0 radical (unpaired) electrons. The predicted molar refractivity (Wildman–Crippen MR) is 87.5 cm³/mol. The van der Waals surface area contributed by atoms with Gasteiger partial charge in [-0.15, -0.1) is 0 Å². The first-order chi connectivity index (χ1) is 12.8. The maximum Gasteiger partial charge on any atom is 0.422 e.